The first-order chi connectivity index (χ1) is 15.0. The Balaban J connectivity index is 1.57. The minimum Gasteiger partial charge on any atom is -0.384 e. The molecule has 0 bridgehead atoms. The Morgan fingerprint density at radius 2 is 1.90 bits per heavy atom. The third-order valence-corrected chi connectivity index (χ3v) is 6.37. The van der Waals surface area contributed by atoms with Gasteiger partial charge >= 0.3 is 6.03 Å². The molecule has 2 atom stereocenters. The summed E-state index contributed by atoms with van der Waals surface area (Å²) in [5.41, 5.74) is 3.80. The zero-order chi connectivity index (χ0) is 21.8. The van der Waals surface area contributed by atoms with Gasteiger partial charge in [-0.15, -0.1) is 0 Å². The normalized spacial score (nSPS) is 22.0. The number of nitrogens with zero attached hydrogens (tertiary/aromatic N) is 4. The Bertz CT molecular complexity index is 893. The summed E-state index contributed by atoms with van der Waals surface area (Å²) in [7, 11) is 1.66. The Labute approximate surface area is 183 Å². The molecular weight excluding hydrogens is 396 g/mol. The summed E-state index contributed by atoms with van der Waals surface area (Å²) in [4.78, 5) is 21.7. The molecule has 168 valence electrons. The molecule has 2 aliphatic heterocycles. The van der Waals surface area contributed by atoms with Crippen molar-refractivity contribution >= 4 is 6.03 Å². The van der Waals surface area contributed by atoms with Crippen LogP contribution in [0.1, 0.15) is 46.7 Å². The van der Waals surface area contributed by atoms with Crippen LogP contribution in [-0.2, 0) is 15.9 Å². The largest absolute Gasteiger partial charge is 0.384 e. The molecule has 0 spiro atoms. The molecule has 2 aromatic rings. The first kappa shape index (κ1) is 21.8. The fourth-order valence-electron chi connectivity index (χ4n) is 4.38. The monoisotopic (exact) mass is 428 g/mol. The molecule has 2 saturated heterocycles. The molecule has 4 rings (SSSR count). The fourth-order valence-corrected chi connectivity index (χ4v) is 4.38. The van der Waals surface area contributed by atoms with Crippen molar-refractivity contribution in [1.82, 2.24) is 19.9 Å². The Kier molecular flexibility index (Phi) is 6.87. The molecule has 0 aliphatic carbocycles. The molecule has 2 aliphatic rings. The third-order valence-electron chi connectivity index (χ3n) is 6.37. The van der Waals surface area contributed by atoms with Crippen LogP contribution in [0.4, 0.5) is 4.79 Å². The van der Waals surface area contributed by atoms with E-state index in [9.17, 15) is 4.79 Å². The predicted octanol–water partition coefficient (Wildman–Crippen LogP) is 2.90. The molecule has 2 amide bonds. The Hall–Kier alpha value is -2.45. The van der Waals surface area contributed by atoms with Crippen LogP contribution in [0.3, 0.4) is 0 Å². The summed E-state index contributed by atoms with van der Waals surface area (Å²) in [5, 5.41) is 4.12. The number of aryl methyl sites for hydroxylation is 2. The summed E-state index contributed by atoms with van der Waals surface area (Å²) in [6.07, 6.45) is 1.49. The average molecular weight is 429 g/mol. The minimum absolute atomic E-state index is 0.00847. The smallest absolute Gasteiger partial charge is 0.320 e. The maximum atomic E-state index is 13.3. The molecule has 0 N–H and O–H groups in total. The second-order valence-electron chi connectivity index (χ2n) is 8.55. The highest BCUT2D eigenvalue weighted by atomic mass is 16.5. The maximum Gasteiger partial charge on any atom is 0.320 e. The van der Waals surface area contributed by atoms with E-state index in [1.807, 2.05) is 9.80 Å². The summed E-state index contributed by atoms with van der Waals surface area (Å²) < 4.78 is 16.2. The number of morpholine rings is 1. The molecule has 0 radical (unpaired) electrons. The van der Waals surface area contributed by atoms with Crippen molar-refractivity contribution in [2.75, 3.05) is 53.1 Å². The van der Waals surface area contributed by atoms with Gasteiger partial charge in [-0.05, 0) is 37.0 Å². The number of likely N-dealkylation sites (tertiary alicyclic amines) is 1. The number of hydrogen-bond donors (Lipinski definition) is 0. The van der Waals surface area contributed by atoms with Crippen LogP contribution in [0.5, 0.6) is 0 Å². The van der Waals surface area contributed by atoms with E-state index in [1.54, 1.807) is 7.11 Å². The maximum absolute atomic E-state index is 13.3. The van der Waals surface area contributed by atoms with Gasteiger partial charge in [0.05, 0.1) is 25.7 Å². The van der Waals surface area contributed by atoms with Gasteiger partial charge in [0.1, 0.15) is 0 Å². The van der Waals surface area contributed by atoms with Crippen LogP contribution in [-0.4, -0.2) is 79.1 Å². The van der Waals surface area contributed by atoms with Crippen molar-refractivity contribution in [3.63, 3.8) is 0 Å². The van der Waals surface area contributed by atoms with E-state index in [1.165, 1.54) is 16.7 Å². The van der Waals surface area contributed by atoms with E-state index in [0.29, 0.717) is 64.1 Å². The lowest BCUT2D eigenvalue weighted by molar-refractivity contribution is 0.0392. The quantitative estimate of drug-likeness (QED) is 0.728. The van der Waals surface area contributed by atoms with E-state index in [2.05, 4.69) is 42.2 Å². The van der Waals surface area contributed by atoms with Gasteiger partial charge in [0.15, 0.2) is 5.82 Å². The summed E-state index contributed by atoms with van der Waals surface area (Å²) in [6, 6.07) is 6.67. The van der Waals surface area contributed by atoms with Crippen LogP contribution in [0.2, 0.25) is 0 Å². The topological polar surface area (TPSA) is 80.9 Å². The molecule has 3 heterocycles. The zero-order valence-corrected chi connectivity index (χ0v) is 18.7. The van der Waals surface area contributed by atoms with Gasteiger partial charge in [0, 0.05) is 45.6 Å². The predicted molar refractivity (Wildman–Crippen MR) is 115 cm³/mol. The standard InChI is InChI=1S/C23H32N4O4/c1-16-4-5-18(12-17(16)2)19-13-20(22-24-21(25-31-22)6-9-29-3)15-27(14-19)23(28)26-7-10-30-11-8-26/h4-5,12,19-20H,6-11,13-15H2,1-3H3/t19-,20+/m1/s1. The van der Waals surface area contributed by atoms with Crippen LogP contribution >= 0.6 is 0 Å². The number of urea groups is 1. The van der Waals surface area contributed by atoms with Gasteiger partial charge in [-0.25, -0.2) is 4.79 Å². The molecule has 0 saturated carbocycles. The highest BCUT2D eigenvalue weighted by molar-refractivity contribution is 5.75. The van der Waals surface area contributed by atoms with Crippen molar-refractivity contribution in [2.45, 2.75) is 38.5 Å². The number of hydrogen-bond acceptors (Lipinski definition) is 6. The van der Waals surface area contributed by atoms with Crippen LogP contribution in [0.25, 0.3) is 0 Å². The average Bonchev–Trinajstić information content (AvgIpc) is 3.28. The molecule has 8 heteroatoms. The number of piperidine rings is 1. The highest BCUT2D eigenvalue weighted by Crippen LogP contribution is 2.36. The lowest BCUT2D eigenvalue weighted by Crippen LogP contribution is -2.52. The Morgan fingerprint density at radius 3 is 2.65 bits per heavy atom. The second kappa shape index (κ2) is 9.78. The number of benzene rings is 1. The van der Waals surface area contributed by atoms with Crippen LogP contribution < -0.4 is 0 Å². The fraction of sp³-hybridized carbons (Fsp3) is 0.609. The van der Waals surface area contributed by atoms with Crippen molar-refractivity contribution in [3.8, 4) is 0 Å². The number of methoxy groups -OCH3 is 1. The molecular formula is C23H32N4O4. The lowest BCUT2D eigenvalue weighted by Gasteiger charge is -2.40. The molecule has 2 fully saturated rings. The molecule has 8 nitrogen and oxygen atoms in total. The number of carbonyl (C=O) groups excluding carboxylic acids is 1. The second-order valence-corrected chi connectivity index (χ2v) is 8.55. The van der Waals surface area contributed by atoms with Crippen molar-refractivity contribution in [1.29, 1.82) is 0 Å². The Morgan fingerprint density at radius 1 is 1.13 bits per heavy atom. The van der Waals surface area contributed by atoms with Crippen molar-refractivity contribution < 1.29 is 18.8 Å². The molecule has 31 heavy (non-hydrogen) atoms. The van der Waals surface area contributed by atoms with Gasteiger partial charge < -0.3 is 23.8 Å². The van der Waals surface area contributed by atoms with Gasteiger partial charge in [-0.2, -0.15) is 4.98 Å². The zero-order valence-electron chi connectivity index (χ0n) is 18.7. The SMILES string of the molecule is COCCc1noc([C@H]2C[C@@H](c3ccc(C)c(C)c3)CN(C(=O)N3CCOCC3)C2)n1. The van der Waals surface area contributed by atoms with Crippen LogP contribution in [0.15, 0.2) is 22.7 Å². The summed E-state index contributed by atoms with van der Waals surface area (Å²) in [5.74, 6) is 1.49. The number of carbonyl (C=O) groups is 1. The number of ether oxygens (including phenoxy) is 2. The molecule has 1 aromatic heterocycles. The summed E-state index contributed by atoms with van der Waals surface area (Å²) in [6.45, 7) is 8.55. The first-order valence-electron chi connectivity index (χ1n) is 11.0. The van der Waals surface area contributed by atoms with E-state index in [0.717, 1.165) is 6.42 Å². The van der Waals surface area contributed by atoms with Crippen molar-refractivity contribution in [2.24, 2.45) is 0 Å². The van der Waals surface area contributed by atoms with Gasteiger partial charge in [0.2, 0.25) is 5.89 Å². The summed E-state index contributed by atoms with van der Waals surface area (Å²) >= 11 is 0. The lowest BCUT2D eigenvalue weighted by atomic mass is 9.83. The number of amides is 2. The van der Waals surface area contributed by atoms with E-state index in [4.69, 9.17) is 14.0 Å². The van der Waals surface area contributed by atoms with E-state index >= 15 is 0 Å². The van der Waals surface area contributed by atoms with E-state index < -0.39 is 0 Å². The van der Waals surface area contributed by atoms with Gasteiger partial charge in [-0.1, -0.05) is 23.4 Å². The molecule has 0 unspecified atom stereocenters. The van der Waals surface area contributed by atoms with Gasteiger partial charge in [0.25, 0.3) is 0 Å². The van der Waals surface area contributed by atoms with Crippen molar-refractivity contribution in [3.05, 3.63) is 46.6 Å². The van der Waals surface area contributed by atoms with E-state index in [-0.39, 0.29) is 17.9 Å². The first-order valence-corrected chi connectivity index (χ1v) is 11.0. The third kappa shape index (κ3) is 5.07. The number of rotatable bonds is 5. The number of aromatic nitrogens is 2. The minimum atomic E-state index is 0.00847. The molecule has 1 aromatic carbocycles. The highest BCUT2D eigenvalue weighted by Gasteiger charge is 2.36. The van der Waals surface area contributed by atoms with Gasteiger partial charge in [-0.3, -0.25) is 0 Å². The van der Waals surface area contributed by atoms with Crippen LogP contribution in [0, 0.1) is 13.8 Å².